The van der Waals surface area contributed by atoms with Crippen LogP contribution in [0.5, 0.6) is 23.0 Å². The van der Waals surface area contributed by atoms with Gasteiger partial charge in [-0.2, -0.15) is 0 Å². The number of nitro groups is 1. The lowest BCUT2D eigenvalue weighted by molar-refractivity contribution is -0.384. The molecule has 12 aromatic carbocycles. The summed E-state index contributed by atoms with van der Waals surface area (Å²) >= 11 is 0. The molecule has 646 valence electrons. The van der Waals surface area contributed by atoms with Gasteiger partial charge in [-0.3, -0.25) is 29.3 Å². The van der Waals surface area contributed by atoms with Crippen molar-refractivity contribution in [2.24, 2.45) is 0 Å². The van der Waals surface area contributed by atoms with Crippen LogP contribution in [0.1, 0.15) is 138 Å². The minimum absolute atomic E-state index is 0.00384. The van der Waals surface area contributed by atoms with Gasteiger partial charge in [0.25, 0.3) is 29.3 Å². The van der Waals surface area contributed by atoms with Crippen LogP contribution < -0.4 is 23.8 Å². The molecule has 20 nitrogen and oxygen atoms in total. The molecule has 4 aliphatic heterocycles. The molecule has 20 rings (SSSR count). The van der Waals surface area contributed by atoms with E-state index in [2.05, 4.69) is 86.7 Å². The monoisotopic (exact) mass is 1720 g/mol. The molecule has 0 aliphatic carbocycles. The quantitative estimate of drug-likeness (QED) is 0.0263. The van der Waals surface area contributed by atoms with Crippen molar-refractivity contribution in [1.82, 2.24) is 39.5 Å². The normalized spacial score (nSPS) is 15.5. The predicted octanol–water partition coefficient (Wildman–Crippen LogP) is 20.8. The maximum atomic E-state index is 14.5. The molecule has 4 atom stereocenters. The maximum absolute atomic E-state index is 14.5. The molecule has 128 heavy (non-hydrogen) atoms. The van der Waals surface area contributed by atoms with Crippen molar-refractivity contribution in [3.63, 3.8) is 0 Å². The zero-order valence-electron chi connectivity index (χ0n) is 71.0. The molecule has 0 bridgehead atoms. The van der Waals surface area contributed by atoms with Crippen LogP contribution in [0.15, 0.2) is 267 Å². The molecule has 4 aromatic heterocycles. The lowest BCUT2D eigenvalue weighted by Crippen LogP contribution is -2.41. The van der Waals surface area contributed by atoms with E-state index in [0.717, 1.165) is 125 Å². The van der Waals surface area contributed by atoms with Crippen molar-refractivity contribution < 1.29 is 65.0 Å². The van der Waals surface area contributed by atoms with Crippen LogP contribution in [0.25, 0.3) is 43.6 Å². The molecule has 4 N–H and O–H groups in total. The molecule has 25 heteroatoms. The Labute approximate surface area is 733 Å². The minimum atomic E-state index is -2.31. The molecule has 4 aliphatic rings. The van der Waals surface area contributed by atoms with E-state index in [0.29, 0.717) is 54.2 Å². The number of nitro benzene ring substituents is 1. The third-order valence-corrected chi connectivity index (χ3v) is 24.6. The first-order valence-electron chi connectivity index (χ1n) is 41.9. The summed E-state index contributed by atoms with van der Waals surface area (Å²) in [5.41, 5.74) is 18.9. The van der Waals surface area contributed by atoms with E-state index in [9.17, 15) is 51.2 Å². The molecular formula is C103H89F5N10O10. The van der Waals surface area contributed by atoms with Crippen LogP contribution in [-0.4, -0.2) is 137 Å². The number of hydrogen-bond donors (Lipinski definition) is 4. The van der Waals surface area contributed by atoms with Crippen LogP contribution in [0.3, 0.4) is 0 Å². The van der Waals surface area contributed by atoms with Gasteiger partial charge in [-0.25, -0.2) is 22.0 Å². The Morgan fingerprint density at radius 1 is 0.344 bits per heavy atom. The number of carbonyl (C=O) groups excluding carboxylic acids is 4. The van der Waals surface area contributed by atoms with Crippen LogP contribution in [0.2, 0.25) is 0 Å². The second kappa shape index (κ2) is 36.1. The predicted molar refractivity (Wildman–Crippen MR) is 483 cm³/mol. The third-order valence-electron chi connectivity index (χ3n) is 24.6. The van der Waals surface area contributed by atoms with Crippen molar-refractivity contribution in [3.8, 4) is 23.0 Å². The van der Waals surface area contributed by atoms with Crippen LogP contribution in [0, 0.1) is 46.1 Å². The molecule has 4 unspecified atom stereocenters. The number of aryl methyl sites for hydroxylation is 1. The van der Waals surface area contributed by atoms with E-state index < -0.39 is 51.5 Å². The highest BCUT2D eigenvalue weighted by atomic mass is 19.2. The number of fused-ring (bicyclic) bond motifs is 12. The Hall–Kier alpha value is -15.3. The Bertz CT molecular complexity index is 6830. The van der Waals surface area contributed by atoms with Gasteiger partial charge in [0.15, 0.2) is 23.3 Å². The largest absolute Gasteiger partial charge is 0.497 e. The molecule has 8 heterocycles. The number of benzene rings is 12. The fraction of sp³-hybridized carbons (Fsp3) is 0.184. The van der Waals surface area contributed by atoms with Gasteiger partial charge in [-0.1, -0.05) is 139 Å². The van der Waals surface area contributed by atoms with E-state index in [4.69, 9.17) is 18.9 Å². The highest BCUT2D eigenvalue weighted by molar-refractivity contribution is 5.99. The van der Waals surface area contributed by atoms with Gasteiger partial charge in [-0.15, -0.1) is 0 Å². The summed E-state index contributed by atoms with van der Waals surface area (Å²) in [5.74, 6) is -9.39. The number of halogens is 5. The Morgan fingerprint density at radius 3 is 0.859 bits per heavy atom. The number of nitrogens with one attached hydrogen (secondary N) is 4. The number of hydrogen-bond acceptors (Lipinski definition) is 11. The van der Waals surface area contributed by atoms with Gasteiger partial charge in [0.05, 0.1) is 57.5 Å². The summed E-state index contributed by atoms with van der Waals surface area (Å²) in [4.78, 5) is 87.6. The van der Waals surface area contributed by atoms with Gasteiger partial charge in [-0.05, 0) is 198 Å². The summed E-state index contributed by atoms with van der Waals surface area (Å²) in [6.07, 6.45) is 2.72. The van der Waals surface area contributed by atoms with Crippen molar-refractivity contribution in [1.29, 1.82) is 0 Å². The summed E-state index contributed by atoms with van der Waals surface area (Å²) in [6.45, 7) is 3.93. The molecule has 0 fully saturated rings. The average molecular weight is 1720 g/mol. The molecule has 16 aromatic rings. The van der Waals surface area contributed by atoms with E-state index in [1.807, 2.05) is 192 Å². The molecular weight excluding hydrogens is 1630 g/mol. The number of aromatic amines is 4. The number of rotatable bonds is 14. The summed E-state index contributed by atoms with van der Waals surface area (Å²) in [5, 5.41) is 15.6. The number of ether oxygens (including phenoxy) is 4. The fourth-order valence-corrected chi connectivity index (χ4v) is 18.1. The number of nitrogens with zero attached hydrogens (tertiary/aromatic N) is 6. The first-order valence-corrected chi connectivity index (χ1v) is 41.9. The Morgan fingerprint density at radius 2 is 0.594 bits per heavy atom. The number of methoxy groups -OCH3 is 4. The van der Waals surface area contributed by atoms with Gasteiger partial charge in [0.1, 0.15) is 28.6 Å². The Kier molecular flexibility index (Phi) is 24.0. The number of aromatic nitrogens is 4. The van der Waals surface area contributed by atoms with E-state index in [1.165, 1.54) is 64.2 Å². The lowest BCUT2D eigenvalue weighted by atomic mass is 9.91. The summed E-state index contributed by atoms with van der Waals surface area (Å²) in [7, 11) is 10.4. The second-order valence-electron chi connectivity index (χ2n) is 32.0. The van der Waals surface area contributed by atoms with Crippen molar-refractivity contribution >= 4 is 78.6 Å². The number of H-pyrrole nitrogens is 4. The highest BCUT2D eigenvalue weighted by Crippen LogP contribution is 2.46. The zero-order chi connectivity index (χ0) is 89.3. The standard InChI is InChI=1S/C27H27N3O2.C26H24N2O2.C25H17F5N2O2.C25H21N3O4/c1-29(2)20-12-8-19(9-13-20)27(31)30-17-16-23-22-6-4-5-7-24(22)28-25(23)26(30)18-10-14-21(32-3)15-11-18;1-17-7-9-19(10-8-17)26(29)28-16-15-22-21-5-3-4-6-23(21)27-24(22)25(28)18-11-13-20(30-2)14-12-18;1-34-13-8-6-12(7-9-13)24-23-15(14-4-2-3-5-16(14)31-23)10-11-32(24)25(33)17-18(26)20(28)22(30)21(29)19(17)27;1-32-19-12-8-16(9-13-19)24-23-21(20-4-2-3-5-22(20)26-23)14-15-27(24)25(29)17-6-10-18(11-7-17)28(30)31/h4-15,26,28H,16-17H2,1-3H3;3-14,25,27H,15-16H2,1-2H3;2-9,24,31H,10-11H2,1H3;2-13,24,26H,14-15H2,1H3. The number of anilines is 1. The van der Waals surface area contributed by atoms with Crippen molar-refractivity contribution in [2.75, 3.05) is 73.6 Å². The SMILES string of the molecule is COc1ccc(C2c3[nH]c4ccccc4c3CCN2C(=O)c2c(F)c(F)c(F)c(F)c2F)cc1.COc1ccc(C2c3[nH]c4ccccc4c3CCN2C(=O)c2ccc(C)cc2)cc1.COc1ccc(C2c3[nH]c4ccccc4c3CCN2C(=O)c2ccc(N(C)C)cc2)cc1.COc1ccc(C2c3[nH]c4ccccc4c3CCN2C(=O)c2ccc([N+](=O)[O-])cc2)cc1. The molecule has 0 saturated carbocycles. The Balaban J connectivity index is 0.000000120. The molecule has 0 spiro atoms. The van der Waals surface area contributed by atoms with Crippen LogP contribution in [0.4, 0.5) is 33.3 Å². The second-order valence-corrected chi connectivity index (χ2v) is 32.0. The third kappa shape index (κ3) is 16.2. The molecule has 4 amide bonds. The number of para-hydroxylation sites is 4. The minimum Gasteiger partial charge on any atom is -0.497 e. The highest BCUT2D eigenvalue weighted by Gasteiger charge is 2.42. The average Bonchev–Trinajstić information content (AvgIpc) is 1.66. The zero-order valence-corrected chi connectivity index (χ0v) is 71.0. The first kappa shape index (κ1) is 84.9. The number of carbonyl (C=O) groups is 4. The number of non-ortho nitro benzene ring substituents is 1. The molecule has 0 radical (unpaired) electrons. The maximum Gasteiger partial charge on any atom is 0.269 e. The van der Waals surface area contributed by atoms with E-state index in [1.54, 1.807) is 45.6 Å². The fourth-order valence-electron chi connectivity index (χ4n) is 18.1. The smallest absolute Gasteiger partial charge is 0.269 e. The van der Waals surface area contributed by atoms with Gasteiger partial charge in [0, 0.05) is 141 Å². The number of amides is 4. The lowest BCUT2D eigenvalue weighted by Gasteiger charge is -2.36. The van der Waals surface area contributed by atoms with Crippen LogP contribution in [-0.2, 0) is 25.7 Å². The summed E-state index contributed by atoms with van der Waals surface area (Å²) < 4.78 is 91.5. The summed E-state index contributed by atoms with van der Waals surface area (Å²) in [6, 6.07) is 82.8. The van der Waals surface area contributed by atoms with Gasteiger partial charge < -0.3 is 63.4 Å². The van der Waals surface area contributed by atoms with Crippen molar-refractivity contribution in [2.45, 2.75) is 56.8 Å². The molecule has 0 saturated heterocycles. The first-order chi connectivity index (χ1) is 62.1. The van der Waals surface area contributed by atoms with E-state index >= 15 is 0 Å². The van der Waals surface area contributed by atoms with Gasteiger partial charge >= 0.3 is 0 Å². The van der Waals surface area contributed by atoms with Gasteiger partial charge in [0.2, 0.25) is 5.82 Å². The van der Waals surface area contributed by atoms with Crippen molar-refractivity contribution in [3.05, 3.63) is 401 Å². The topological polar surface area (TPSA) is 228 Å². The van der Waals surface area contributed by atoms with Crippen LogP contribution >= 0.6 is 0 Å². The van der Waals surface area contributed by atoms with E-state index in [-0.39, 0.29) is 48.1 Å².